The molecular weight excluding hydrogens is 220 g/mol. The third-order valence-corrected chi connectivity index (χ3v) is 2.79. The lowest BCUT2D eigenvalue weighted by Gasteiger charge is -2.04. The highest BCUT2D eigenvalue weighted by Crippen LogP contribution is 2.36. The number of carbonyl (C=O) groups excluding carboxylic acids is 2. The van der Waals surface area contributed by atoms with Gasteiger partial charge in [0.15, 0.2) is 24.1 Å². The molecule has 0 unspecified atom stereocenters. The topological polar surface area (TPSA) is 52.6 Å². The summed E-state index contributed by atoms with van der Waals surface area (Å²) in [5.41, 5.74) is 0.762. The highest BCUT2D eigenvalue weighted by atomic mass is 16.7. The van der Waals surface area contributed by atoms with E-state index >= 15 is 0 Å². The largest absolute Gasteiger partial charge is 0.454 e. The van der Waals surface area contributed by atoms with Crippen molar-refractivity contribution in [3.05, 3.63) is 35.4 Å². The molecule has 0 saturated carbocycles. The van der Waals surface area contributed by atoms with Gasteiger partial charge in [-0.25, -0.2) is 0 Å². The van der Waals surface area contributed by atoms with Crippen molar-refractivity contribution in [2.24, 2.45) is 0 Å². The van der Waals surface area contributed by atoms with Crippen molar-refractivity contribution < 1.29 is 19.1 Å². The fourth-order valence-corrected chi connectivity index (χ4v) is 1.93. The Hall–Kier alpha value is -2.36. The van der Waals surface area contributed by atoms with Crippen molar-refractivity contribution in [2.45, 2.75) is 0 Å². The van der Waals surface area contributed by atoms with E-state index in [9.17, 15) is 9.59 Å². The zero-order valence-corrected chi connectivity index (χ0v) is 8.80. The van der Waals surface area contributed by atoms with Crippen LogP contribution in [0.5, 0.6) is 11.5 Å². The molecule has 4 heteroatoms. The lowest BCUT2D eigenvalue weighted by molar-refractivity contribution is 0.109. The predicted octanol–water partition coefficient (Wildman–Crippen LogP) is 2.19. The average molecular weight is 228 g/mol. The minimum atomic E-state index is 0.201. The molecular formula is C13H8O4. The fourth-order valence-electron chi connectivity index (χ4n) is 1.93. The summed E-state index contributed by atoms with van der Waals surface area (Å²) in [5, 5.41) is 1.70. The van der Waals surface area contributed by atoms with E-state index in [2.05, 4.69) is 0 Å². The van der Waals surface area contributed by atoms with Crippen LogP contribution in [-0.2, 0) is 0 Å². The molecule has 0 radical (unpaired) electrons. The molecule has 0 aliphatic carbocycles. The Bertz CT molecular complexity index is 576. The molecule has 0 amide bonds. The molecule has 0 fully saturated rings. The smallest absolute Gasteiger partial charge is 0.231 e. The number of hydrogen-bond donors (Lipinski definition) is 0. The quantitative estimate of drug-likeness (QED) is 0.739. The van der Waals surface area contributed by atoms with Crippen LogP contribution in [0.25, 0.3) is 10.8 Å². The summed E-state index contributed by atoms with van der Waals surface area (Å²) in [7, 11) is 0. The maximum absolute atomic E-state index is 10.8. The van der Waals surface area contributed by atoms with Gasteiger partial charge in [0.1, 0.15) is 0 Å². The Morgan fingerprint density at radius 3 is 1.71 bits per heavy atom. The second-order valence-corrected chi connectivity index (χ2v) is 3.77. The molecule has 0 atom stereocenters. The summed E-state index contributed by atoms with van der Waals surface area (Å²) in [4.78, 5) is 21.7. The van der Waals surface area contributed by atoms with Crippen LogP contribution in [-0.4, -0.2) is 19.4 Å². The van der Waals surface area contributed by atoms with Crippen molar-refractivity contribution in [2.75, 3.05) is 6.79 Å². The molecule has 1 aliphatic heterocycles. The third kappa shape index (κ3) is 1.45. The van der Waals surface area contributed by atoms with Gasteiger partial charge in [-0.2, -0.15) is 0 Å². The van der Waals surface area contributed by atoms with Gasteiger partial charge < -0.3 is 9.47 Å². The summed E-state index contributed by atoms with van der Waals surface area (Å²) < 4.78 is 10.5. The lowest BCUT2D eigenvalue weighted by atomic mass is 10.0. The number of hydrogen-bond acceptors (Lipinski definition) is 4. The van der Waals surface area contributed by atoms with Crippen LogP contribution in [0.3, 0.4) is 0 Å². The summed E-state index contributed by atoms with van der Waals surface area (Å²) in [6.45, 7) is 0.201. The molecule has 0 saturated heterocycles. The Labute approximate surface area is 96.8 Å². The van der Waals surface area contributed by atoms with Crippen LogP contribution in [0, 0.1) is 0 Å². The van der Waals surface area contributed by atoms with Crippen LogP contribution in [0.2, 0.25) is 0 Å². The molecule has 3 rings (SSSR count). The Kier molecular flexibility index (Phi) is 2.08. The maximum Gasteiger partial charge on any atom is 0.231 e. The Balaban J connectivity index is 2.32. The lowest BCUT2D eigenvalue weighted by Crippen LogP contribution is -1.92. The average Bonchev–Trinajstić information content (AvgIpc) is 2.81. The van der Waals surface area contributed by atoms with E-state index in [1.54, 1.807) is 24.3 Å². The number of carbonyl (C=O) groups is 2. The van der Waals surface area contributed by atoms with E-state index < -0.39 is 0 Å². The van der Waals surface area contributed by atoms with Gasteiger partial charge >= 0.3 is 0 Å². The van der Waals surface area contributed by atoms with E-state index in [-0.39, 0.29) is 6.79 Å². The highest BCUT2D eigenvalue weighted by Gasteiger charge is 2.15. The van der Waals surface area contributed by atoms with Gasteiger partial charge in [0, 0.05) is 11.1 Å². The van der Waals surface area contributed by atoms with E-state index in [1.807, 2.05) is 0 Å². The molecule has 2 aromatic carbocycles. The fraction of sp³-hybridized carbons (Fsp3) is 0.0769. The van der Waals surface area contributed by atoms with Crippen LogP contribution in [0.1, 0.15) is 20.7 Å². The first-order valence-electron chi connectivity index (χ1n) is 5.09. The van der Waals surface area contributed by atoms with Gasteiger partial charge in [-0.05, 0) is 35.0 Å². The zero-order valence-electron chi connectivity index (χ0n) is 8.80. The van der Waals surface area contributed by atoms with Gasteiger partial charge in [0.2, 0.25) is 6.79 Å². The number of ether oxygens (including phenoxy) is 2. The summed E-state index contributed by atoms with van der Waals surface area (Å²) >= 11 is 0. The zero-order chi connectivity index (χ0) is 11.8. The second-order valence-electron chi connectivity index (χ2n) is 3.77. The van der Waals surface area contributed by atoms with Gasteiger partial charge in [-0.15, -0.1) is 0 Å². The normalized spacial score (nSPS) is 12.7. The van der Waals surface area contributed by atoms with Crippen molar-refractivity contribution >= 4 is 23.3 Å². The monoisotopic (exact) mass is 228 g/mol. The SMILES string of the molecule is O=Cc1cc2cc3c(cc2cc1C=O)OCO3. The number of fused-ring (bicyclic) bond motifs is 2. The minimum absolute atomic E-state index is 0.201. The first kappa shape index (κ1) is 9.84. The molecule has 2 aromatic rings. The summed E-state index contributed by atoms with van der Waals surface area (Å²) in [5.74, 6) is 1.32. The molecule has 84 valence electrons. The third-order valence-electron chi connectivity index (χ3n) is 2.79. The van der Waals surface area contributed by atoms with Gasteiger partial charge in [0.05, 0.1) is 0 Å². The van der Waals surface area contributed by atoms with Crippen molar-refractivity contribution in [3.63, 3.8) is 0 Å². The summed E-state index contributed by atoms with van der Waals surface area (Å²) in [6, 6.07) is 6.96. The highest BCUT2D eigenvalue weighted by molar-refractivity contribution is 5.99. The van der Waals surface area contributed by atoms with Crippen LogP contribution in [0.15, 0.2) is 24.3 Å². The molecule has 17 heavy (non-hydrogen) atoms. The Morgan fingerprint density at radius 1 is 0.824 bits per heavy atom. The number of rotatable bonds is 2. The van der Waals surface area contributed by atoms with E-state index in [1.165, 1.54) is 0 Å². The number of aldehydes is 2. The maximum atomic E-state index is 10.8. The van der Waals surface area contributed by atoms with Crippen molar-refractivity contribution in [3.8, 4) is 11.5 Å². The summed E-state index contributed by atoms with van der Waals surface area (Å²) in [6.07, 6.45) is 1.35. The predicted molar refractivity (Wildman–Crippen MR) is 60.8 cm³/mol. The van der Waals surface area contributed by atoms with E-state index in [0.29, 0.717) is 35.2 Å². The van der Waals surface area contributed by atoms with Gasteiger partial charge in [-0.3, -0.25) is 9.59 Å². The molecule has 0 spiro atoms. The van der Waals surface area contributed by atoms with E-state index in [0.717, 1.165) is 10.8 Å². The van der Waals surface area contributed by atoms with Gasteiger partial charge in [0.25, 0.3) is 0 Å². The molecule has 1 heterocycles. The molecule has 0 bridgehead atoms. The van der Waals surface area contributed by atoms with Gasteiger partial charge in [-0.1, -0.05) is 0 Å². The second kappa shape index (κ2) is 3.59. The molecule has 0 N–H and O–H groups in total. The minimum Gasteiger partial charge on any atom is -0.454 e. The van der Waals surface area contributed by atoms with Crippen molar-refractivity contribution in [1.82, 2.24) is 0 Å². The van der Waals surface area contributed by atoms with Crippen LogP contribution in [0.4, 0.5) is 0 Å². The standard InChI is InChI=1S/C13H8O4/c14-5-10-1-8-3-12-13(17-7-16-12)4-9(8)2-11(10)6-15/h1-6H,7H2. The van der Waals surface area contributed by atoms with Crippen LogP contribution < -0.4 is 9.47 Å². The Morgan fingerprint density at radius 2 is 1.29 bits per heavy atom. The van der Waals surface area contributed by atoms with Crippen LogP contribution >= 0.6 is 0 Å². The van der Waals surface area contributed by atoms with Crippen molar-refractivity contribution in [1.29, 1.82) is 0 Å². The molecule has 4 nitrogen and oxygen atoms in total. The first-order chi connectivity index (χ1) is 8.31. The molecule has 0 aromatic heterocycles. The first-order valence-corrected chi connectivity index (χ1v) is 5.09. The molecule has 1 aliphatic rings. The number of benzene rings is 2. The van der Waals surface area contributed by atoms with E-state index in [4.69, 9.17) is 9.47 Å².